The second-order valence-corrected chi connectivity index (χ2v) is 5.21. The third kappa shape index (κ3) is 3.67. The minimum Gasteiger partial charge on any atom is -0.348 e. The largest absolute Gasteiger partial charge is 0.348 e. The summed E-state index contributed by atoms with van der Waals surface area (Å²) in [6.07, 6.45) is 1.97. The molecule has 1 saturated heterocycles. The summed E-state index contributed by atoms with van der Waals surface area (Å²) < 4.78 is 0. The number of hydrazine groups is 1. The molecule has 1 atom stereocenters. The van der Waals surface area contributed by atoms with Crippen LogP contribution in [0, 0.1) is 10.1 Å². The van der Waals surface area contributed by atoms with Crippen LogP contribution in [-0.4, -0.2) is 41.9 Å². The summed E-state index contributed by atoms with van der Waals surface area (Å²) in [6, 6.07) is 4.19. The van der Waals surface area contributed by atoms with E-state index in [0.29, 0.717) is 5.56 Å². The summed E-state index contributed by atoms with van der Waals surface area (Å²) in [6.45, 7) is 1.84. The second-order valence-electron chi connectivity index (χ2n) is 5.21. The standard InChI is InChI=1S/C13H19N5O3/c1-17-6-2-3-10(8-17)15-13(19)9-4-5-12(18(20)21)11(7-9)16-14/h4-5,7,10,16H,2-3,6,8,14H2,1H3,(H,15,19). The highest BCUT2D eigenvalue weighted by molar-refractivity contribution is 5.96. The zero-order chi connectivity index (χ0) is 15.4. The lowest BCUT2D eigenvalue weighted by Gasteiger charge is -2.30. The summed E-state index contributed by atoms with van der Waals surface area (Å²) in [5, 5.41) is 13.8. The molecule has 1 amide bonds. The van der Waals surface area contributed by atoms with E-state index in [-0.39, 0.29) is 23.3 Å². The van der Waals surface area contributed by atoms with Crippen molar-refractivity contribution in [1.29, 1.82) is 0 Å². The Balaban J connectivity index is 2.10. The van der Waals surface area contributed by atoms with E-state index in [4.69, 9.17) is 5.84 Å². The number of nitrogens with one attached hydrogen (secondary N) is 2. The minimum atomic E-state index is -0.549. The van der Waals surface area contributed by atoms with Gasteiger partial charge in [-0.1, -0.05) is 0 Å². The van der Waals surface area contributed by atoms with Gasteiger partial charge in [-0.05, 0) is 38.6 Å². The number of nitrogens with two attached hydrogens (primary N) is 1. The molecule has 0 radical (unpaired) electrons. The van der Waals surface area contributed by atoms with Crippen molar-refractivity contribution in [2.75, 3.05) is 25.6 Å². The van der Waals surface area contributed by atoms with Crippen LogP contribution in [0.25, 0.3) is 0 Å². The number of carbonyl (C=O) groups is 1. The molecule has 1 aliphatic heterocycles. The molecule has 1 heterocycles. The van der Waals surface area contributed by atoms with Gasteiger partial charge in [0.25, 0.3) is 11.6 Å². The van der Waals surface area contributed by atoms with Crippen LogP contribution in [0.4, 0.5) is 11.4 Å². The number of nitrogens with zero attached hydrogens (tertiary/aromatic N) is 2. The monoisotopic (exact) mass is 293 g/mol. The summed E-state index contributed by atoms with van der Waals surface area (Å²) in [5.41, 5.74) is 2.56. The van der Waals surface area contributed by atoms with Crippen LogP contribution in [0.2, 0.25) is 0 Å². The first-order valence-corrected chi connectivity index (χ1v) is 6.75. The number of carbonyl (C=O) groups excluding carboxylic acids is 1. The molecule has 114 valence electrons. The normalized spacial score (nSPS) is 19.0. The van der Waals surface area contributed by atoms with E-state index in [1.54, 1.807) is 0 Å². The summed E-state index contributed by atoms with van der Waals surface area (Å²) >= 11 is 0. The quantitative estimate of drug-likeness (QED) is 0.428. The topological polar surface area (TPSA) is 114 Å². The van der Waals surface area contributed by atoms with Crippen molar-refractivity contribution < 1.29 is 9.72 Å². The van der Waals surface area contributed by atoms with Gasteiger partial charge in [0, 0.05) is 24.2 Å². The van der Waals surface area contributed by atoms with Crippen molar-refractivity contribution in [1.82, 2.24) is 10.2 Å². The van der Waals surface area contributed by atoms with E-state index >= 15 is 0 Å². The molecule has 2 rings (SSSR count). The van der Waals surface area contributed by atoms with Crippen molar-refractivity contribution in [2.24, 2.45) is 5.84 Å². The molecule has 1 aliphatic rings. The number of hydrogen-bond donors (Lipinski definition) is 3. The van der Waals surface area contributed by atoms with Crippen LogP contribution < -0.4 is 16.6 Å². The Labute approximate surface area is 122 Å². The van der Waals surface area contributed by atoms with E-state index in [9.17, 15) is 14.9 Å². The van der Waals surface area contributed by atoms with Gasteiger partial charge in [-0.15, -0.1) is 0 Å². The number of amides is 1. The average molecular weight is 293 g/mol. The summed E-state index contributed by atoms with van der Waals surface area (Å²) in [5.74, 6) is 5.02. The Morgan fingerprint density at radius 1 is 1.52 bits per heavy atom. The van der Waals surface area contributed by atoms with E-state index < -0.39 is 4.92 Å². The molecule has 4 N–H and O–H groups in total. The highest BCUT2D eigenvalue weighted by Crippen LogP contribution is 2.24. The Bertz CT molecular complexity index is 549. The first-order valence-electron chi connectivity index (χ1n) is 6.75. The number of piperidine rings is 1. The maximum Gasteiger partial charge on any atom is 0.293 e. The number of likely N-dealkylation sites (N-methyl/N-ethyl adjacent to an activating group) is 1. The molecule has 0 spiro atoms. The maximum atomic E-state index is 12.2. The van der Waals surface area contributed by atoms with Crippen LogP contribution >= 0.6 is 0 Å². The fourth-order valence-electron chi connectivity index (χ4n) is 2.51. The molecule has 1 aromatic rings. The Morgan fingerprint density at radius 3 is 2.90 bits per heavy atom. The van der Waals surface area contributed by atoms with Crippen molar-refractivity contribution in [3.05, 3.63) is 33.9 Å². The van der Waals surface area contributed by atoms with Crippen LogP contribution in [-0.2, 0) is 0 Å². The molecule has 8 heteroatoms. The molecular formula is C13H19N5O3. The molecule has 1 aromatic carbocycles. The van der Waals surface area contributed by atoms with Crippen LogP contribution in [0.3, 0.4) is 0 Å². The van der Waals surface area contributed by atoms with Crippen molar-refractivity contribution in [3.63, 3.8) is 0 Å². The number of rotatable bonds is 4. The van der Waals surface area contributed by atoms with E-state index in [2.05, 4.69) is 15.6 Å². The maximum absolute atomic E-state index is 12.2. The third-order valence-corrected chi connectivity index (χ3v) is 3.57. The number of hydrogen-bond acceptors (Lipinski definition) is 6. The van der Waals surface area contributed by atoms with Crippen molar-refractivity contribution >= 4 is 17.3 Å². The number of nitro benzene ring substituents is 1. The SMILES string of the molecule is CN1CCCC(NC(=O)c2ccc([N+](=O)[O-])c(NN)c2)C1. The molecule has 1 unspecified atom stereocenters. The zero-order valence-corrected chi connectivity index (χ0v) is 11.8. The van der Waals surface area contributed by atoms with Gasteiger partial charge in [-0.25, -0.2) is 0 Å². The summed E-state index contributed by atoms with van der Waals surface area (Å²) in [7, 11) is 2.01. The first kappa shape index (κ1) is 15.2. The van der Waals surface area contributed by atoms with Gasteiger partial charge >= 0.3 is 0 Å². The molecule has 0 bridgehead atoms. The molecule has 0 aliphatic carbocycles. The van der Waals surface area contributed by atoms with E-state index in [0.717, 1.165) is 25.9 Å². The second kappa shape index (κ2) is 6.51. The van der Waals surface area contributed by atoms with Gasteiger partial charge in [0.05, 0.1) is 4.92 Å². The summed E-state index contributed by atoms with van der Waals surface area (Å²) in [4.78, 5) is 24.6. The zero-order valence-electron chi connectivity index (χ0n) is 11.8. The molecule has 1 fully saturated rings. The van der Waals surface area contributed by atoms with Gasteiger partial charge in [-0.3, -0.25) is 20.8 Å². The van der Waals surface area contributed by atoms with Gasteiger partial charge in [0.1, 0.15) is 5.69 Å². The third-order valence-electron chi connectivity index (χ3n) is 3.57. The highest BCUT2D eigenvalue weighted by atomic mass is 16.6. The Kier molecular flexibility index (Phi) is 4.71. The lowest BCUT2D eigenvalue weighted by molar-refractivity contribution is -0.384. The fourth-order valence-corrected chi connectivity index (χ4v) is 2.51. The van der Waals surface area contributed by atoms with E-state index in [1.165, 1.54) is 18.2 Å². The van der Waals surface area contributed by atoms with Crippen LogP contribution in [0.15, 0.2) is 18.2 Å². The van der Waals surface area contributed by atoms with E-state index in [1.807, 2.05) is 7.05 Å². The Hall–Kier alpha value is -2.19. The number of anilines is 1. The van der Waals surface area contributed by atoms with Gasteiger partial charge in [0.2, 0.25) is 0 Å². The van der Waals surface area contributed by atoms with Crippen LogP contribution in [0.1, 0.15) is 23.2 Å². The average Bonchev–Trinajstić information content (AvgIpc) is 2.46. The Morgan fingerprint density at radius 2 is 2.29 bits per heavy atom. The fraction of sp³-hybridized carbons (Fsp3) is 0.462. The predicted octanol–water partition coefficient (Wildman–Crippen LogP) is 0.704. The van der Waals surface area contributed by atoms with Crippen molar-refractivity contribution in [2.45, 2.75) is 18.9 Å². The van der Waals surface area contributed by atoms with Gasteiger partial charge in [0.15, 0.2) is 0 Å². The number of likely N-dealkylation sites (tertiary alicyclic amines) is 1. The number of nitrogen functional groups attached to an aromatic ring is 1. The lowest BCUT2D eigenvalue weighted by Crippen LogP contribution is -2.46. The minimum absolute atomic E-state index is 0.0979. The van der Waals surface area contributed by atoms with Crippen LogP contribution in [0.5, 0.6) is 0 Å². The number of benzene rings is 1. The lowest BCUT2D eigenvalue weighted by atomic mass is 10.1. The molecular weight excluding hydrogens is 274 g/mol. The number of nitro groups is 1. The molecule has 0 aromatic heterocycles. The molecule has 21 heavy (non-hydrogen) atoms. The first-order chi connectivity index (χ1) is 10.0. The van der Waals surface area contributed by atoms with Crippen molar-refractivity contribution in [3.8, 4) is 0 Å². The van der Waals surface area contributed by atoms with Gasteiger partial charge < -0.3 is 15.6 Å². The highest BCUT2D eigenvalue weighted by Gasteiger charge is 2.21. The smallest absolute Gasteiger partial charge is 0.293 e. The van der Waals surface area contributed by atoms with Gasteiger partial charge in [-0.2, -0.15) is 0 Å². The molecule has 8 nitrogen and oxygen atoms in total. The molecule has 0 saturated carbocycles. The predicted molar refractivity (Wildman–Crippen MR) is 78.9 cm³/mol.